The standard InChI is InChI=1S/C26H27BrN2O6S/c1-16-6-8-18(9-7-16)36(32,33)29-22(17-12-13-28(15-17)25(31)35-26(2,3)4)14-20-21(27)11-10-19(23(20)29)24(30)34-5/h6-12,14H,13,15H2,1-5H3. The number of aryl methyl sites for hydroxylation is 1. The van der Waals surface area contributed by atoms with E-state index >= 15 is 0 Å². The van der Waals surface area contributed by atoms with Crippen LogP contribution in [0.2, 0.25) is 0 Å². The van der Waals surface area contributed by atoms with Crippen LogP contribution in [0.25, 0.3) is 16.5 Å². The van der Waals surface area contributed by atoms with Gasteiger partial charge >= 0.3 is 12.1 Å². The third kappa shape index (κ3) is 4.79. The Labute approximate surface area is 218 Å². The molecule has 0 aliphatic carbocycles. The van der Waals surface area contributed by atoms with Crippen LogP contribution in [0.1, 0.15) is 42.4 Å². The van der Waals surface area contributed by atoms with Crippen LogP contribution in [-0.2, 0) is 19.5 Å². The van der Waals surface area contributed by atoms with Crippen LogP contribution < -0.4 is 0 Å². The molecule has 10 heteroatoms. The zero-order chi connectivity index (χ0) is 26.4. The van der Waals surface area contributed by atoms with Crippen LogP contribution in [0.5, 0.6) is 0 Å². The summed E-state index contributed by atoms with van der Waals surface area (Å²) in [7, 11) is -2.89. The highest BCUT2D eigenvalue weighted by atomic mass is 79.9. The second-order valence-corrected chi connectivity index (χ2v) is 12.2. The van der Waals surface area contributed by atoms with E-state index < -0.39 is 27.7 Å². The van der Waals surface area contributed by atoms with Crippen molar-refractivity contribution in [2.45, 2.75) is 38.2 Å². The Morgan fingerprint density at radius 2 is 1.72 bits per heavy atom. The maximum absolute atomic E-state index is 14.0. The molecule has 1 amide bonds. The van der Waals surface area contributed by atoms with Crippen molar-refractivity contribution < 1.29 is 27.5 Å². The van der Waals surface area contributed by atoms with E-state index in [0.717, 1.165) is 5.56 Å². The van der Waals surface area contributed by atoms with E-state index in [1.165, 1.54) is 34.2 Å². The predicted octanol–water partition coefficient (Wildman–Crippen LogP) is 5.37. The highest BCUT2D eigenvalue weighted by Crippen LogP contribution is 2.37. The zero-order valence-corrected chi connectivity index (χ0v) is 23.1. The number of fused-ring (bicyclic) bond motifs is 1. The van der Waals surface area contributed by atoms with E-state index in [-0.39, 0.29) is 29.1 Å². The number of methoxy groups -OCH3 is 1. The van der Waals surface area contributed by atoms with Crippen LogP contribution in [0, 0.1) is 6.92 Å². The predicted molar refractivity (Wildman–Crippen MR) is 141 cm³/mol. The van der Waals surface area contributed by atoms with Gasteiger partial charge in [0.05, 0.1) is 35.3 Å². The molecule has 2 heterocycles. The second kappa shape index (κ2) is 9.40. The fraction of sp³-hybridized carbons (Fsp3) is 0.308. The molecule has 0 saturated heterocycles. The summed E-state index contributed by atoms with van der Waals surface area (Å²) < 4.78 is 40.3. The maximum Gasteiger partial charge on any atom is 0.410 e. The molecule has 0 bridgehead atoms. The second-order valence-electron chi connectivity index (χ2n) is 9.55. The van der Waals surface area contributed by atoms with Gasteiger partial charge in [-0.2, -0.15) is 0 Å². The lowest BCUT2D eigenvalue weighted by molar-refractivity contribution is 0.0306. The lowest BCUT2D eigenvalue weighted by atomic mass is 10.1. The number of rotatable bonds is 4. The molecule has 0 N–H and O–H groups in total. The molecule has 1 aromatic heterocycles. The van der Waals surface area contributed by atoms with Crippen molar-refractivity contribution in [1.29, 1.82) is 0 Å². The van der Waals surface area contributed by atoms with Crippen molar-refractivity contribution in [2.75, 3.05) is 20.2 Å². The van der Waals surface area contributed by atoms with Gasteiger partial charge in [0, 0.05) is 16.4 Å². The molecule has 0 fully saturated rings. The number of nitrogens with zero attached hydrogens (tertiary/aromatic N) is 2. The Morgan fingerprint density at radius 3 is 2.33 bits per heavy atom. The van der Waals surface area contributed by atoms with Gasteiger partial charge in [-0.3, -0.25) is 0 Å². The highest BCUT2D eigenvalue weighted by Gasteiger charge is 2.32. The van der Waals surface area contributed by atoms with Crippen LogP contribution in [0.15, 0.2) is 57.9 Å². The number of aromatic nitrogens is 1. The first-order valence-electron chi connectivity index (χ1n) is 11.3. The van der Waals surface area contributed by atoms with Gasteiger partial charge in [-0.1, -0.05) is 39.7 Å². The van der Waals surface area contributed by atoms with Crippen molar-refractivity contribution in [1.82, 2.24) is 8.87 Å². The minimum atomic E-state index is -4.14. The Kier molecular flexibility index (Phi) is 6.78. The summed E-state index contributed by atoms with van der Waals surface area (Å²) in [6, 6.07) is 11.4. The first-order chi connectivity index (χ1) is 16.8. The Balaban J connectivity index is 1.93. The summed E-state index contributed by atoms with van der Waals surface area (Å²) in [5.74, 6) is -0.659. The number of hydrogen-bond acceptors (Lipinski definition) is 6. The maximum atomic E-state index is 14.0. The topological polar surface area (TPSA) is 94.9 Å². The summed E-state index contributed by atoms with van der Waals surface area (Å²) in [4.78, 5) is 26.9. The highest BCUT2D eigenvalue weighted by molar-refractivity contribution is 9.10. The molecule has 4 rings (SSSR count). The van der Waals surface area contributed by atoms with Gasteiger partial charge in [0.2, 0.25) is 0 Å². The van der Waals surface area contributed by atoms with Gasteiger partial charge in [0.15, 0.2) is 0 Å². The monoisotopic (exact) mass is 574 g/mol. The molecule has 1 aliphatic rings. The summed E-state index contributed by atoms with van der Waals surface area (Å²) in [6.07, 6.45) is 1.31. The van der Waals surface area contributed by atoms with E-state index in [4.69, 9.17) is 9.47 Å². The molecule has 36 heavy (non-hydrogen) atoms. The lowest BCUT2D eigenvalue weighted by Gasteiger charge is -2.24. The van der Waals surface area contributed by atoms with Crippen molar-refractivity contribution in [2.24, 2.45) is 0 Å². The van der Waals surface area contributed by atoms with Crippen molar-refractivity contribution in [3.05, 3.63) is 69.8 Å². The lowest BCUT2D eigenvalue weighted by Crippen LogP contribution is -2.35. The van der Waals surface area contributed by atoms with Crippen LogP contribution >= 0.6 is 15.9 Å². The van der Waals surface area contributed by atoms with E-state index in [1.54, 1.807) is 51.1 Å². The fourth-order valence-corrected chi connectivity index (χ4v) is 6.02. The number of benzene rings is 2. The number of ether oxygens (including phenoxy) is 2. The third-order valence-corrected chi connectivity index (χ3v) is 8.15. The Bertz CT molecular complexity index is 1500. The molecule has 2 aromatic carbocycles. The van der Waals surface area contributed by atoms with Crippen LogP contribution in [0.3, 0.4) is 0 Å². The van der Waals surface area contributed by atoms with Gasteiger partial charge in [0.1, 0.15) is 5.60 Å². The number of amides is 1. The molecular weight excluding hydrogens is 548 g/mol. The fourth-order valence-electron chi connectivity index (χ4n) is 4.02. The molecule has 0 unspecified atom stereocenters. The molecule has 0 radical (unpaired) electrons. The molecule has 0 spiro atoms. The molecule has 3 aromatic rings. The van der Waals surface area contributed by atoms with Crippen LogP contribution in [0.4, 0.5) is 4.79 Å². The molecule has 190 valence electrons. The third-order valence-electron chi connectivity index (χ3n) is 5.73. The average Bonchev–Trinajstić information content (AvgIpc) is 3.44. The van der Waals surface area contributed by atoms with E-state index in [1.807, 2.05) is 6.92 Å². The summed E-state index contributed by atoms with van der Waals surface area (Å²) >= 11 is 3.49. The molecule has 0 atom stereocenters. The normalized spacial score (nSPS) is 14.2. The van der Waals surface area contributed by atoms with Gasteiger partial charge in [0.25, 0.3) is 10.0 Å². The van der Waals surface area contributed by atoms with E-state index in [2.05, 4.69) is 15.9 Å². The zero-order valence-electron chi connectivity index (χ0n) is 20.7. The minimum Gasteiger partial charge on any atom is -0.465 e. The van der Waals surface area contributed by atoms with Gasteiger partial charge in [-0.15, -0.1) is 0 Å². The van der Waals surface area contributed by atoms with Crippen molar-refractivity contribution in [3.8, 4) is 0 Å². The summed E-state index contributed by atoms with van der Waals surface area (Å²) in [6.45, 7) is 7.64. The first kappa shape index (κ1) is 26.0. The number of carbonyl (C=O) groups is 2. The van der Waals surface area contributed by atoms with Gasteiger partial charge in [-0.05, 0) is 63.6 Å². The number of carbonyl (C=O) groups excluding carboxylic acids is 2. The Morgan fingerprint density at radius 1 is 1.06 bits per heavy atom. The molecule has 0 saturated carbocycles. The summed E-state index contributed by atoms with van der Waals surface area (Å²) in [5, 5.41) is 0.528. The quantitative estimate of drug-likeness (QED) is 0.389. The molecule has 1 aliphatic heterocycles. The number of hydrogen-bond donors (Lipinski definition) is 0. The Hall–Kier alpha value is -3.11. The first-order valence-corrected chi connectivity index (χ1v) is 13.5. The van der Waals surface area contributed by atoms with Crippen LogP contribution in [-0.4, -0.2) is 55.2 Å². The minimum absolute atomic E-state index is 0.0743. The molecule has 8 nitrogen and oxygen atoms in total. The number of esters is 1. The van der Waals surface area contributed by atoms with Gasteiger partial charge < -0.3 is 14.4 Å². The smallest absolute Gasteiger partial charge is 0.410 e. The van der Waals surface area contributed by atoms with Crippen molar-refractivity contribution in [3.63, 3.8) is 0 Å². The van der Waals surface area contributed by atoms with Crippen molar-refractivity contribution >= 4 is 54.5 Å². The summed E-state index contributed by atoms with van der Waals surface area (Å²) in [5.41, 5.74) is 1.54. The average molecular weight is 575 g/mol. The van der Waals surface area contributed by atoms with E-state index in [9.17, 15) is 18.0 Å². The number of halogens is 1. The van der Waals surface area contributed by atoms with Gasteiger partial charge in [-0.25, -0.2) is 22.0 Å². The van der Waals surface area contributed by atoms with E-state index in [0.29, 0.717) is 21.1 Å². The molecular formula is C26H27BrN2O6S. The largest absolute Gasteiger partial charge is 0.465 e. The SMILES string of the molecule is COC(=O)c1ccc(Br)c2cc(C3=CCN(C(=O)OC(C)(C)C)C3)n(S(=O)(=O)c3ccc(C)cc3)c12.